The van der Waals surface area contributed by atoms with Gasteiger partial charge < -0.3 is 4.42 Å². The Hall–Kier alpha value is -3.87. The van der Waals surface area contributed by atoms with Crippen molar-refractivity contribution >= 4 is 22.7 Å². The van der Waals surface area contributed by atoms with Crippen molar-refractivity contribution in [2.45, 2.75) is 13.0 Å². The molecule has 2 aromatic carbocycles. The standard InChI is InChI=1S/C23H14F2N2O3/c1-12-5-4-8-18(26-12)27-20(14-6-2-3-7-16(14)25)19-21(28)15-11-13(24)9-10-17(15)30-22(19)23(27)29/h2-11,20H,1H3/t20-/m0/s1. The number of carbonyl (C=O) groups is 1. The van der Waals surface area contributed by atoms with Crippen LogP contribution in [0.25, 0.3) is 11.0 Å². The number of carbonyl (C=O) groups excluding carboxylic acids is 1. The van der Waals surface area contributed by atoms with E-state index in [4.69, 9.17) is 4.42 Å². The predicted octanol–water partition coefficient (Wildman–Crippen LogP) is 4.52. The van der Waals surface area contributed by atoms with Crippen LogP contribution in [0.2, 0.25) is 0 Å². The van der Waals surface area contributed by atoms with Gasteiger partial charge in [0.05, 0.1) is 17.0 Å². The van der Waals surface area contributed by atoms with Crippen molar-refractivity contribution in [3.05, 3.63) is 105 Å². The summed E-state index contributed by atoms with van der Waals surface area (Å²) in [5, 5.41) is -0.0121. The number of aryl methyl sites for hydroxylation is 1. The van der Waals surface area contributed by atoms with Gasteiger partial charge in [0.15, 0.2) is 5.43 Å². The summed E-state index contributed by atoms with van der Waals surface area (Å²) < 4.78 is 34.3. The van der Waals surface area contributed by atoms with Gasteiger partial charge in [0.1, 0.15) is 23.0 Å². The smallest absolute Gasteiger partial charge is 0.296 e. The molecule has 4 aromatic rings. The lowest BCUT2D eigenvalue weighted by Gasteiger charge is -2.24. The Morgan fingerprint density at radius 3 is 2.57 bits per heavy atom. The number of fused-ring (bicyclic) bond motifs is 2. The SMILES string of the molecule is Cc1cccc(N2C(=O)c3oc4ccc(F)cc4c(=O)c3[C@@H]2c2ccccc2F)n1. The van der Waals surface area contributed by atoms with Gasteiger partial charge >= 0.3 is 0 Å². The van der Waals surface area contributed by atoms with Crippen molar-refractivity contribution in [3.8, 4) is 0 Å². The summed E-state index contributed by atoms with van der Waals surface area (Å²) in [6.45, 7) is 1.76. The third-order valence-corrected chi connectivity index (χ3v) is 5.15. The Morgan fingerprint density at radius 1 is 1.00 bits per heavy atom. The normalized spacial score (nSPS) is 15.6. The average molecular weight is 404 g/mol. The van der Waals surface area contributed by atoms with Gasteiger partial charge in [-0.25, -0.2) is 13.8 Å². The fraction of sp³-hybridized carbons (Fsp3) is 0.0870. The topological polar surface area (TPSA) is 63.4 Å². The van der Waals surface area contributed by atoms with E-state index in [0.717, 1.165) is 12.1 Å². The molecule has 0 fully saturated rings. The molecule has 0 bridgehead atoms. The van der Waals surface area contributed by atoms with E-state index in [2.05, 4.69) is 4.98 Å². The molecule has 0 aliphatic carbocycles. The molecule has 0 radical (unpaired) electrons. The van der Waals surface area contributed by atoms with Crippen LogP contribution >= 0.6 is 0 Å². The van der Waals surface area contributed by atoms with Crippen LogP contribution in [0.15, 0.2) is 69.9 Å². The summed E-state index contributed by atoms with van der Waals surface area (Å²) in [6.07, 6.45) is 0. The Balaban J connectivity index is 1.86. The molecule has 1 atom stereocenters. The highest BCUT2D eigenvalue weighted by Crippen LogP contribution is 2.41. The monoisotopic (exact) mass is 404 g/mol. The van der Waals surface area contributed by atoms with E-state index in [9.17, 15) is 18.4 Å². The van der Waals surface area contributed by atoms with Crippen LogP contribution in [0.3, 0.4) is 0 Å². The average Bonchev–Trinajstić information content (AvgIpc) is 3.01. The minimum Gasteiger partial charge on any atom is -0.450 e. The van der Waals surface area contributed by atoms with Crippen LogP contribution < -0.4 is 10.3 Å². The zero-order valence-electron chi connectivity index (χ0n) is 15.7. The molecule has 1 amide bonds. The minimum atomic E-state index is -1.09. The Morgan fingerprint density at radius 2 is 1.80 bits per heavy atom. The van der Waals surface area contributed by atoms with Crippen molar-refractivity contribution in [1.82, 2.24) is 4.98 Å². The highest BCUT2D eigenvalue weighted by atomic mass is 19.1. The van der Waals surface area contributed by atoms with Crippen LogP contribution in [-0.4, -0.2) is 10.9 Å². The summed E-state index contributed by atoms with van der Waals surface area (Å²) in [5.41, 5.74) is 0.236. The quantitative estimate of drug-likeness (QED) is 0.493. The van der Waals surface area contributed by atoms with Gasteiger partial charge in [-0.05, 0) is 43.3 Å². The number of amides is 1. The number of rotatable bonds is 2. The van der Waals surface area contributed by atoms with Crippen LogP contribution in [-0.2, 0) is 0 Å². The maximum absolute atomic E-state index is 14.8. The molecule has 0 unspecified atom stereocenters. The number of benzene rings is 2. The molecule has 2 aromatic heterocycles. The molecule has 5 rings (SSSR count). The van der Waals surface area contributed by atoms with E-state index in [1.54, 1.807) is 31.2 Å². The van der Waals surface area contributed by atoms with Crippen LogP contribution in [0, 0.1) is 18.6 Å². The third-order valence-electron chi connectivity index (χ3n) is 5.15. The number of aromatic nitrogens is 1. The number of nitrogens with zero attached hydrogens (tertiary/aromatic N) is 2. The van der Waals surface area contributed by atoms with Crippen LogP contribution in [0.5, 0.6) is 0 Å². The van der Waals surface area contributed by atoms with Crippen molar-refractivity contribution < 1.29 is 18.0 Å². The van der Waals surface area contributed by atoms with E-state index >= 15 is 0 Å². The molecule has 3 heterocycles. The van der Waals surface area contributed by atoms with E-state index < -0.39 is 29.0 Å². The summed E-state index contributed by atoms with van der Waals surface area (Å²) in [7, 11) is 0. The van der Waals surface area contributed by atoms with Gasteiger partial charge in [0.2, 0.25) is 5.76 Å². The van der Waals surface area contributed by atoms with Crippen molar-refractivity contribution in [1.29, 1.82) is 0 Å². The first-order valence-corrected chi connectivity index (χ1v) is 9.23. The molecular formula is C23H14F2N2O3. The van der Waals surface area contributed by atoms with Crippen LogP contribution in [0.4, 0.5) is 14.6 Å². The van der Waals surface area contributed by atoms with E-state index in [0.29, 0.717) is 5.69 Å². The summed E-state index contributed by atoms with van der Waals surface area (Å²) in [6, 6.07) is 13.4. The molecule has 1 aliphatic rings. The predicted molar refractivity (Wildman–Crippen MR) is 106 cm³/mol. The molecule has 0 saturated carbocycles. The van der Waals surface area contributed by atoms with Gasteiger partial charge in [0, 0.05) is 11.3 Å². The number of halogens is 2. The van der Waals surface area contributed by atoms with Crippen molar-refractivity contribution in [2.75, 3.05) is 4.90 Å². The maximum atomic E-state index is 14.8. The first kappa shape index (κ1) is 18.2. The molecule has 0 saturated heterocycles. The second-order valence-corrected chi connectivity index (χ2v) is 7.05. The molecule has 1 aliphatic heterocycles. The lowest BCUT2D eigenvalue weighted by molar-refractivity contribution is 0.0970. The van der Waals surface area contributed by atoms with Gasteiger partial charge in [-0.1, -0.05) is 24.3 Å². The van der Waals surface area contributed by atoms with Gasteiger partial charge in [-0.3, -0.25) is 14.5 Å². The molecule has 5 nitrogen and oxygen atoms in total. The summed E-state index contributed by atoms with van der Waals surface area (Å²) in [5.74, 6) is -1.75. The highest BCUT2D eigenvalue weighted by Gasteiger charge is 2.45. The highest BCUT2D eigenvalue weighted by molar-refractivity contribution is 6.10. The number of anilines is 1. The van der Waals surface area contributed by atoms with E-state index in [1.807, 2.05) is 0 Å². The Kier molecular flexibility index (Phi) is 3.99. The number of hydrogen-bond acceptors (Lipinski definition) is 4. The first-order valence-electron chi connectivity index (χ1n) is 9.23. The van der Waals surface area contributed by atoms with Crippen LogP contribution in [0.1, 0.15) is 33.4 Å². The van der Waals surface area contributed by atoms with E-state index in [1.165, 1.54) is 29.2 Å². The maximum Gasteiger partial charge on any atom is 0.296 e. The van der Waals surface area contributed by atoms with Gasteiger partial charge in [0.25, 0.3) is 5.91 Å². The Labute approximate surface area is 169 Å². The fourth-order valence-corrected chi connectivity index (χ4v) is 3.84. The van der Waals surface area contributed by atoms with Gasteiger partial charge in [-0.2, -0.15) is 0 Å². The van der Waals surface area contributed by atoms with Gasteiger partial charge in [-0.15, -0.1) is 0 Å². The molecule has 0 spiro atoms. The second kappa shape index (κ2) is 6.59. The van der Waals surface area contributed by atoms with Crippen molar-refractivity contribution in [3.63, 3.8) is 0 Å². The number of pyridine rings is 1. The fourth-order valence-electron chi connectivity index (χ4n) is 3.84. The molecule has 30 heavy (non-hydrogen) atoms. The zero-order valence-corrected chi connectivity index (χ0v) is 15.7. The lowest BCUT2D eigenvalue weighted by Crippen LogP contribution is -2.31. The largest absolute Gasteiger partial charge is 0.450 e. The molecule has 148 valence electrons. The lowest BCUT2D eigenvalue weighted by atomic mass is 9.98. The molecular weight excluding hydrogens is 390 g/mol. The molecule has 7 heteroatoms. The van der Waals surface area contributed by atoms with E-state index in [-0.39, 0.29) is 33.7 Å². The summed E-state index contributed by atoms with van der Waals surface area (Å²) >= 11 is 0. The second-order valence-electron chi connectivity index (χ2n) is 7.05. The Bertz CT molecular complexity index is 1400. The summed E-state index contributed by atoms with van der Waals surface area (Å²) in [4.78, 5) is 32.3. The third kappa shape index (κ3) is 2.62. The minimum absolute atomic E-state index is 0.0121. The molecule has 0 N–H and O–H groups in total. The van der Waals surface area contributed by atoms with Crippen molar-refractivity contribution in [2.24, 2.45) is 0 Å². The zero-order chi connectivity index (χ0) is 21.0. The number of hydrogen-bond donors (Lipinski definition) is 0. The first-order chi connectivity index (χ1) is 14.5.